The highest BCUT2D eigenvalue weighted by molar-refractivity contribution is 8.00. The summed E-state index contributed by atoms with van der Waals surface area (Å²) < 4.78 is 27.9. The van der Waals surface area contributed by atoms with E-state index < -0.39 is 21.6 Å². The van der Waals surface area contributed by atoms with E-state index in [0.717, 1.165) is 0 Å². The lowest BCUT2D eigenvalue weighted by Crippen LogP contribution is -2.52. The summed E-state index contributed by atoms with van der Waals surface area (Å²) in [7, 11) is -2.05. The molecule has 0 aliphatic carbocycles. The lowest BCUT2D eigenvalue weighted by Gasteiger charge is -2.26. The van der Waals surface area contributed by atoms with Crippen molar-refractivity contribution in [1.29, 1.82) is 0 Å². The molecule has 21 heavy (non-hydrogen) atoms. The Kier molecular flexibility index (Phi) is 4.36. The van der Waals surface area contributed by atoms with Gasteiger partial charge in [-0.2, -0.15) is 9.40 Å². The summed E-state index contributed by atoms with van der Waals surface area (Å²) >= 11 is 1.43. The molecular weight excluding hydrogens is 312 g/mol. The highest BCUT2D eigenvalue weighted by Crippen LogP contribution is 2.28. The molecule has 0 bridgehead atoms. The Balaban J connectivity index is 2.24. The van der Waals surface area contributed by atoms with Crippen molar-refractivity contribution in [3.63, 3.8) is 0 Å². The average Bonchev–Trinajstić information content (AvgIpc) is 2.94. The van der Waals surface area contributed by atoms with Gasteiger partial charge in [-0.15, -0.1) is 11.8 Å². The van der Waals surface area contributed by atoms with Gasteiger partial charge in [0, 0.05) is 24.5 Å². The maximum Gasteiger partial charge on any atom is 0.247 e. The van der Waals surface area contributed by atoms with Crippen LogP contribution in [0.15, 0.2) is 17.3 Å². The van der Waals surface area contributed by atoms with Crippen molar-refractivity contribution < 1.29 is 13.2 Å². The molecule has 1 aromatic heterocycles. The van der Waals surface area contributed by atoms with Crippen LogP contribution in [0.3, 0.4) is 0 Å². The normalized spacial score (nSPS) is 20.7. The number of nitrogens with zero attached hydrogens (tertiary/aromatic N) is 3. The van der Waals surface area contributed by atoms with Gasteiger partial charge in [0.1, 0.15) is 10.9 Å². The summed E-state index contributed by atoms with van der Waals surface area (Å²) in [6.07, 6.45) is 2.74. The van der Waals surface area contributed by atoms with Crippen molar-refractivity contribution in [2.24, 2.45) is 7.05 Å². The minimum atomic E-state index is -3.70. The van der Waals surface area contributed by atoms with Crippen LogP contribution in [0.1, 0.15) is 20.8 Å². The van der Waals surface area contributed by atoms with Crippen molar-refractivity contribution in [3.8, 4) is 0 Å². The van der Waals surface area contributed by atoms with Gasteiger partial charge in [0.15, 0.2) is 0 Å². The van der Waals surface area contributed by atoms with Gasteiger partial charge in [0.25, 0.3) is 0 Å². The third-order valence-electron chi connectivity index (χ3n) is 2.93. The standard InChI is InChI=1S/C12H20N4O3S2/c1-12(2,3)14-11(17)10-7-20-8-16(10)21(18,19)9-5-13-15(4)6-9/h5-6,10H,7-8H2,1-4H3,(H,14,17)/t10-/m1/s1. The molecule has 0 unspecified atom stereocenters. The molecule has 2 rings (SSSR count). The Labute approximate surface area is 129 Å². The van der Waals surface area contributed by atoms with E-state index in [4.69, 9.17) is 0 Å². The zero-order chi connectivity index (χ0) is 15.8. The quantitative estimate of drug-likeness (QED) is 0.866. The first kappa shape index (κ1) is 16.3. The first-order valence-electron chi connectivity index (χ1n) is 6.51. The second kappa shape index (κ2) is 5.62. The second-order valence-electron chi connectivity index (χ2n) is 6.00. The molecule has 1 saturated heterocycles. The summed E-state index contributed by atoms with van der Waals surface area (Å²) in [6.45, 7) is 5.60. The summed E-state index contributed by atoms with van der Waals surface area (Å²) in [5.41, 5.74) is -0.395. The molecule has 1 atom stereocenters. The lowest BCUT2D eigenvalue weighted by molar-refractivity contribution is -0.125. The van der Waals surface area contributed by atoms with Crippen LogP contribution in [-0.4, -0.2) is 51.6 Å². The number of thioether (sulfide) groups is 1. The molecule has 0 saturated carbocycles. The Morgan fingerprint density at radius 1 is 1.48 bits per heavy atom. The predicted molar refractivity (Wildman–Crippen MR) is 81.2 cm³/mol. The number of hydrogen-bond acceptors (Lipinski definition) is 5. The molecule has 0 spiro atoms. The fraction of sp³-hybridized carbons (Fsp3) is 0.667. The van der Waals surface area contributed by atoms with Gasteiger partial charge in [-0.1, -0.05) is 0 Å². The zero-order valence-electron chi connectivity index (χ0n) is 12.5. The molecular formula is C12H20N4O3S2. The summed E-state index contributed by atoms with van der Waals surface area (Å²) in [5.74, 6) is 0.473. The number of aryl methyl sites for hydroxylation is 1. The number of rotatable bonds is 3. The highest BCUT2D eigenvalue weighted by Gasteiger charge is 2.41. The van der Waals surface area contributed by atoms with Crippen LogP contribution in [0.5, 0.6) is 0 Å². The molecule has 9 heteroatoms. The van der Waals surface area contributed by atoms with Gasteiger partial charge in [0.05, 0.1) is 12.1 Å². The molecule has 2 heterocycles. The topological polar surface area (TPSA) is 84.3 Å². The third-order valence-corrected chi connectivity index (χ3v) is 5.91. The van der Waals surface area contributed by atoms with E-state index in [9.17, 15) is 13.2 Å². The number of sulfonamides is 1. The Bertz CT molecular complexity index is 633. The summed E-state index contributed by atoms with van der Waals surface area (Å²) in [5, 5.41) is 6.73. The Morgan fingerprint density at radius 2 is 2.14 bits per heavy atom. The number of carbonyl (C=O) groups excluding carboxylic acids is 1. The highest BCUT2D eigenvalue weighted by atomic mass is 32.2. The first-order valence-corrected chi connectivity index (χ1v) is 9.11. The van der Waals surface area contributed by atoms with E-state index in [1.807, 2.05) is 20.8 Å². The van der Waals surface area contributed by atoms with Crippen LogP contribution < -0.4 is 5.32 Å². The molecule has 1 fully saturated rings. The van der Waals surface area contributed by atoms with Gasteiger partial charge in [0.2, 0.25) is 15.9 Å². The van der Waals surface area contributed by atoms with Crippen LogP contribution in [0.2, 0.25) is 0 Å². The van der Waals surface area contributed by atoms with Gasteiger partial charge < -0.3 is 5.32 Å². The number of carbonyl (C=O) groups is 1. The van der Waals surface area contributed by atoms with Crippen molar-refractivity contribution >= 4 is 27.7 Å². The van der Waals surface area contributed by atoms with Crippen LogP contribution in [-0.2, 0) is 21.9 Å². The Morgan fingerprint density at radius 3 is 2.67 bits per heavy atom. The van der Waals surface area contributed by atoms with Crippen molar-refractivity contribution in [3.05, 3.63) is 12.4 Å². The first-order chi connectivity index (χ1) is 9.61. The minimum Gasteiger partial charge on any atom is -0.350 e. The smallest absolute Gasteiger partial charge is 0.247 e. The molecule has 1 aliphatic heterocycles. The van der Waals surface area contributed by atoms with Crippen molar-refractivity contribution in [2.45, 2.75) is 37.2 Å². The lowest BCUT2D eigenvalue weighted by atomic mass is 10.1. The fourth-order valence-corrected chi connectivity index (χ4v) is 5.13. The second-order valence-corrected chi connectivity index (χ2v) is 8.89. The largest absolute Gasteiger partial charge is 0.350 e. The van der Waals surface area contributed by atoms with Crippen molar-refractivity contribution in [2.75, 3.05) is 11.6 Å². The molecule has 1 aromatic rings. The molecule has 1 amide bonds. The minimum absolute atomic E-state index is 0.112. The molecule has 0 aromatic carbocycles. The number of hydrogen-bond donors (Lipinski definition) is 1. The van der Waals surface area contributed by atoms with Crippen LogP contribution >= 0.6 is 11.8 Å². The van der Waals surface area contributed by atoms with E-state index in [-0.39, 0.29) is 16.7 Å². The number of amides is 1. The van der Waals surface area contributed by atoms with E-state index in [1.54, 1.807) is 7.05 Å². The molecule has 1 N–H and O–H groups in total. The van der Waals surface area contributed by atoms with Gasteiger partial charge >= 0.3 is 0 Å². The van der Waals surface area contributed by atoms with E-state index >= 15 is 0 Å². The van der Waals surface area contributed by atoms with E-state index in [1.165, 1.54) is 33.1 Å². The summed E-state index contributed by atoms with van der Waals surface area (Å²) in [4.78, 5) is 12.4. The fourth-order valence-electron chi connectivity index (χ4n) is 1.99. The van der Waals surface area contributed by atoms with Crippen LogP contribution in [0.25, 0.3) is 0 Å². The number of aromatic nitrogens is 2. The maximum absolute atomic E-state index is 12.6. The molecule has 118 valence electrons. The van der Waals surface area contributed by atoms with Crippen LogP contribution in [0, 0.1) is 0 Å². The third kappa shape index (κ3) is 3.58. The molecule has 1 aliphatic rings. The maximum atomic E-state index is 12.6. The summed E-state index contributed by atoms with van der Waals surface area (Å²) in [6, 6.07) is -0.681. The van der Waals surface area contributed by atoms with Gasteiger partial charge in [-0.05, 0) is 20.8 Å². The monoisotopic (exact) mass is 332 g/mol. The molecule has 7 nitrogen and oxygen atoms in total. The van der Waals surface area contributed by atoms with E-state index in [0.29, 0.717) is 5.75 Å². The zero-order valence-corrected chi connectivity index (χ0v) is 14.2. The predicted octanol–water partition coefficient (Wildman–Crippen LogP) is 0.398. The Hall–Kier alpha value is -1.06. The van der Waals surface area contributed by atoms with E-state index in [2.05, 4.69) is 10.4 Å². The van der Waals surface area contributed by atoms with Gasteiger partial charge in [-0.3, -0.25) is 9.48 Å². The number of nitrogens with one attached hydrogen (secondary N) is 1. The SMILES string of the molecule is Cn1cc(S(=O)(=O)N2CSC[C@@H]2C(=O)NC(C)(C)C)cn1. The average molecular weight is 332 g/mol. The van der Waals surface area contributed by atoms with Crippen LogP contribution in [0.4, 0.5) is 0 Å². The van der Waals surface area contributed by atoms with Gasteiger partial charge in [-0.25, -0.2) is 8.42 Å². The molecule has 0 radical (unpaired) electrons. The van der Waals surface area contributed by atoms with Crippen molar-refractivity contribution in [1.82, 2.24) is 19.4 Å².